The number of carboxylic acid groups (broad SMARTS) is 1. The lowest BCUT2D eigenvalue weighted by atomic mass is 9.94. The van der Waals surface area contributed by atoms with Gasteiger partial charge in [-0.15, -0.1) is 0 Å². The zero-order valence-electron chi connectivity index (χ0n) is 26.9. The summed E-state index contributed by atoms with van der Waals surface area (Å²) in [7, 11) is 0. The molecule has 0 bridgehead atoms. The molecule has 6 rings (SSSR count). The van der Waals surface area contributed by atoms with Crippen molar-refractivity contribution >= 4 is 17.9 Å². The minimum Gasteiger partial charge on any atom is -0.480 e. The molecule has 1 fully saturated rings. The second-order valence-corrected chi connectivity index (χ2v) is 12.3. The molecule has 1 aliphatic rings. The van der Waals surface area contributed by atoms with Crippen LogP contribution in [0.2, 0.25) is 0 Å². The van der Waals surface area contributed by atoms with Crippen LogP contribution in [-0.4, -0.2) is 49.8 Å². The second kappa shape index (κ2) is 14.8. The third-order valence-corrected chi connectivity index (χ3v) is 8.95. The third kappa shape index (κ3) is 7.31. The van der Waals surface area contributed by atoms with Crippen LogP contribution >= 0.6 is 0 Å². The van der Waals surface area contributed by atoms with E-state index in [0.29, 0.717) is 6.42 Å². The van der Waals surface area contributed by atoms with E-state index in [1.807, 2.05) is 128 Å². The summed E-state index contributed by atoms with van der Waals surface area (Å²) in [6.07, 6.45) is 0.508. The van der Waals surface area contributed by atoms with Crippen molar-refractivity contribution in [2.45, 2.75) is 51.1 Å². The molecule has 0 spiro atoms. The molecule has 0 radical (unpaired) electrons. The fourth-order valence-corrected chi connectivity index (χ4v) is 6.50. The predicted molar refractivity (Wildman–Crippen MR) is 186 cm³/mol. The minimum absolute atomic E-state index is 0.0654. The molecule has 3 amide bonds. The van der Waals surface area contributed by atoms with Gasteiger partial charge in [0.15, 0.2) is 6.04 Å². The summed E-state index contributed by atoms with van der Waals surface area (Å²) in [6, 6.07) is 42.9. The van der Waals surface area contributed by atoms with Crippen LogP contribution in [-0.2, 0) is 35.6 Å². The first-order chi connectivity index (χ1) is 23.4. The maximum absolute atomic E-state index is 15.3. The number of carbonyl (C=O) groups is 3. The van der Waals surface area contributed by atoms with Crippen LogP contribution in [0, 0.1) is 6.92 Å². The van der Waals surface area contributed by atoms with Gasteiger partial charge in [0.25, 0.3) is 0 Å². The topological polar surface area (TPSA) is 81.2 Å². The lowest BCUT2D eigenvalue weighted by Crippen LogP contribution is -2.54. The van der Waals surface area contributed by atoms with Crippen LogP contribution in [0.4, 0.5) is 4.79 Å². The van der Waals surface area contributed by atoms with Gasteiger partial charge in [-0.3, -0.25) is 4.79 Å². The third-order valence-electron chi connectivity index (χ3n) is 8.95. The van der Waals surface area contributed by atoms with Crippen LogP contribution < -0.4 is 0 Å². The quantitative estimate of drug-likeness (QED) is 0.156. The fourth-order valence-electron chi connectivity index (χ4n) is 6.50. The average molecular weight is 638 g/mol. The highest BCUT2D eigenvalue weighted by molar-refractivity contribution is 5.98. The maximum Gasteiger partial charge on any atom is 0.329 e. The van der Waals surface area contributed by atoms with Gasteiger partial charge in [-0.2, -0.15) is 0 Å². The van der Waals surface area contributed by atoms with Crippen molar-refractivity contribution in [3.63, 3.8) is 0 Å². The van der Waals surface area contributed by atoms with Crippen molar-refractivity contribution in [3.05, 3.63) is 179 Å². The molecule has 1 unspecified atom stereocenters. The lowest BCUT2D eigenvalue weighted by molar-refractivity contribution is -0.149. The molecule has 1 aliphatic heterocycles. The van der Waals surface area contributed by atoms with E-state index in [-0.39, 0.29) is 19.6 Å². The number of nitrogens with zero attached hydrogens (tertiary/aromatic N) is 3. The number of carbonyl (C=O) groups excluding carboxylic acids is 2. The van der Waals surface area contributed by atoms with Gasteiger partial charge in [-0.1, -0.05) is 151 Å². The molecule has 3 atom stereocenters. The number of hydrogen-bond donors (Lipinski definition) is 1. The van der Waals surface area contributed by atoms with Crippen molar-refractivity contribution in [1.82, 2.24) is 14.7 Å². The fraction of sp³-hybridized carbons (Fsp3) is 0.195. The molecule has 0 saturated carbocycles. The Bertz CT molecular complexity index is 1820. The summed E-state index contributed by atoms with van der Waals surface area (Å²) < 4.78 is 0. The number of hydrogen-bond acceptors (Lipinski definition) is 3. The number of carboxylic acids is 1. The van der Waals surface area contributed by atoms with Crippen molar-refractivity contribution in [1.29, 1.82) is 0 Å². The monoisotopic (exact) mass is 637 g/mol. The molecular formula is C41H39N3O4. The highest BCUT2D eigenvalue weighted by Crippen LogP contribution is 2.34. The SMILES string of the molecule is Cc1ccc(CC(c2ccccc2)N(Cc2ccccc2)C(=O)[C@H]2[C@@H](C(=O)O)N(Cc3ccccc3)C(=O)N2Cc2ccccc2)cc1. The van der Waals surface area contributed by atoms with E-state index in [2.05, 4.69) is 24.3 Å². The molecule has 1 saturated heterocycles. The molecule has 5 aromatic carbocycles. The highest BCUT2D eigenvalue weighted by atomic mass is 16.4. The van der Waals surface area contributed by atoms with E-state index in [4.69, 9.17) is 0 Å². The predicted octanol–water partition coefficient (Wildman–Crippen LogP) is 7.27. The van der Waals surface area contributed by atoms with Gasteiger partial charge in [0.2, 0.25) is 5.91 Å². The normalized spacial score (nSPS) is 16.5. The summed E-state index contributed by atoms with van der Waals surface area (Å²) in [5.74, 6) is -1.63. The summed E-state index contributed by atoms with van der Waals surface area (Å²) in [5, 5.41) is 10.8. The molecule has 1 heterocycles. The van der Waals surface area contributed by atoms with E-state index in [1.165, 1.54) is 9.80 Å². The summed E-state index contributed by atoms with van der Waals surface area (Å²) in [5.41, 5.74) is 5.60. The Morgan fingerprint density at radius 1 is 0.625 bits per heavy atom. The van der Waals surface area contributed by atoms with Crippen LogP contribution in [0.3, 0.4) is 0 Å². The van der Waals surface area contributed by atoms with E-state index < -0.39 is 36.0 Å². The Hall–Kier alpha value is -5.69. The van der Waals surface area contributed by atoms with Crippen LogP contribution in [0.1, 0.15) is 39.4 Å². The molecular weight excluding hydrogens is 598 g/mol. The second-order valence-electron chi connectivity index (χ2n) is 12.3. The van der Waals surface area contributed by atoms with E-state index in [0.717, 1.165) is 33.4 Å². The Kier molecular flexibility index (Phi) is 9.96. The zero-order chi connectivity index (χ0) is 33.5. The largest absolute Gasteiger partial charge is 0.480 e. The van der Waals surface area contributed by atoms with E-state index in [9.17, 15) is 14.7 Å². The zero-order valence-corrected chi connectivity index (χ0v) is 26.9. The van der Waals surface area contributed by atoms with E-state index >= 15 is 4.79 Å². The van der Waals surface area contributed by atoms with Crippen molar-refractivity contribution in [2.75, 3.05) is 0 Å². The molecule has 7 nitrogen and oxygen atoms in total. The number of urea groups is 1. The molecule has 242 valence electrons. The van der Waals surface area contributed by atoms with Crippen LogP contribution in [0.15, 0.2) is 146 Å². The van der Waals surface area contributed by atoms with Gasteiger partial charge >= 0.3 is 12.0 Å². The average Bonchev–Trinajstić information content (AvgIpc) is 3.38. The maximum atomic E-state index is 15.3. The first kappa shape index (κ1) is 32.3. The molecule has 0 aromatic heterocycles. The van der Waals surface area contributed by atoms with Crippen molar-refractivity contribution in [3.8, 4) is 0 Å². The van der Waals surface area contributed by atoms with Crippen molar-refractivity contribution in [2.24, 2.45) is 0 Å². The first-order valence-corrected chi connectivity index (χ1v) is 16.2. The lowest BCUT2D eigenvalue weighted by Gasteiger charge is -2.37. The number of aryl methyl sites for hydroxylation is 1. The van der Waals surface area contributed by atoms with Crippen LogP contribution in [0.5, 0.6) is 0 Å². The van der Waals surface area contributed by atoms with Crippen LogP contribution in [0.25, 0.3) is 0 Å². The van der Waals surface area contributed by atoms with Gasteiger partial charge < -0.3 is 19.8 Å². The first-order valence-electron chi connectivity index (χ1n) is 16.2. The number of amides is 3. The van der Waals surface area contributed by atoms with E-state index in [1.54, 1.807) is 4.90 Å². The Morgan fingerprint density at radius 3 is 1.58 bits per heavy atom. The molecule has 0 aliphatic carbocycles. The van der Waals surface area contributed by atoms with Gasteiger partial charge in [0.05, 0.1) is 6.04 Å². The molecule has 7 heteroatoms. The van der Waals surface area contributed by atoms with Gasteiger partial charge in [0.1, 0.15) is 6.04 Å². The Balaban J connectivity index is 1.47. The Morgan fingerprint density at radius 2 is 1.08 bits per heavy atom. The summed E-state index contributed by atoms with van der Waals surface area (Å²) in [6.45, 7) is 2.43. The smallest absolute Gasteiger partial charge is 0.329 e. The summed E-state index contributed by atoms with van der Waals surface area (Å²) in [4.78, 5) is 47.4. The van der Waals surface area contributed by atoms with Gasteiger partial charge in [-0.05, 0) is 41.2 Å². The number of benzene rings is 5. The Labute approximate surface area is 281 Å². The highest BCUT2D eigenvalue weighted by Gasteiger charge is 2.54. The minimum atomic E-state index is -1.40. The number of rotatable bonds is 12. The van der Waals surface area contributed by atoms with Crippen molar-refractivity contribution < 1.29 is 19.5 Å². The standard InChI is InChI=1S/C41H39N3O4/c1-30-22-24-31(25-23-30)26-36(35-20-12-5-13-21-35)42(27-32-14-6-2-7-15-32)39(45)37-38(40(46)47)44(29-34-18-10-4-11-19-34)41(48)43(37)28-33-16-8-3-9-17-33/h2-25,36-38H,26-29H2,1H3,(H,46,47)/t36?,37-,38+/m1/s1. The molecule has 1 N–H and O–H groups in total. The number of aliphatic carboxylic acids is 1. The molecule has 5 aromatic rings. The molecule has 48 heavy (non-hydrogen) atoms. The van der Waals surface area contributed by atoms with Gasteiger partial charge in [0, 0.05) is 19.6 Å². The van der Waals surface area contributed by atoms with Gasteiger partial charge in [-0.25, -0.2) is 9.59 Å². The summed E-state index contributed by atoms with van der Waals surface area (Å²) >= 11 is 0.